The maximum absolute atomic E-state index is 12.7. The molecule has 0 bridgehead atoms. The van der Waals surface area contributed by atoms with Gasteiger partial charge >= 0.3 is 0 Å². The first kappa shape index (κ1) is 22.5. The topological polar surface area (TPSA) is 124 Å². The number of ether oxygens (including phenoxy) is 2. The smallest absolute Gasteiger partial charge is 0.261 e. The van der Waals surface area contributed by atoms with E-state index in [4.69, 9.17) is 9.47 Å². The van der Waals surface area contributed by atoms with Gasteiger partial charge in [0.25, 0.3) is 10.0 Å². The molecule has 0 aliphatic rings. The Kier molecular flexibility index (Phi) is 6.48. The van der Waals surface area contributed by atoms with E-state index >= 15 is 0 Å². The molecule has 2 aromatic carbocycles. The first-order valence-corrected chi connectivity index (χ1v) is 12.0. The van der Waals surface area contributed by atoms with Crippen LogP contribution >= 0.6 is 0 Å². The van der Waals surface area contributed by atoms with Crippen molar-refractivity contribution in [3.05, 3.63) is 66.4 Å². The van der Waals surface area contributed by atoms with E-state index in [0.29, 0.717) is 11.5 Å². The number of hydrogen-bond acceptors (Lipinski definition) is 7. The Morgan fingerprint density at radius 1 is 0.871 bits per heavy atom. The molecule has 0 spiro atoms. The highest BCUT2D eigenvalue weighted by Crippen LogP contribution is 2.31. The Labute approximate surface area is 181 Å². The number of benzene rings is 2. The molecule has 0 saturated heterocycles. The number of anilines is 1. The molecular formula is C20H21N3O6S2. The molecule has 1 heterocycles. The molecule has 9 nitrogen and oxygen atoms in total. The van der Waals surface area contributed by atoms with E-state index in [1.807, 2.05) is 19.1 Å². The fraction of sp³-hybridized carbons (Fsp3) is 0.150. The second kappa shape index (κ2) is 8.92. The zero-order chi connectivity index (χ0) is 22.6. The van der Waals surface area contributed by atoms with Crippen molar-refractivity contribution in [3.63, 3.8) is 0 Å². The van der Waals surface area contributed by atoms with Gasteiger partial charge in [0.2, 0.25) is 15.9 Å². The number of methoxy groups -OCH3 is 1. The van der Waals surface area contributed by atoms with Gasteiger partial charge in [0, 0.05) is 6.07 Å². The van der Waals surface area contributed by atoms with Crippen LogP contribution in [0, 0.1) is 6.92 Å². The minimum atomic E-state index is -4.03. The molecular weight excluding hydrogens is 442 g/mol. The van der Waals surface area contributed by atoms with Crippen LogP contribution in [0.1, 0.15) is 5.56 Å². The maximum atomic E-state index is 12.7. The van der Waals surface area contributed by atoms with Crippen LogP contribution in [0.2, 0.25) is 0 Å². The van der Waals surface area contributed by atoms with Gasteiger partial charge in [-0.2, -0.15) is 0 Å². The third-order valence-electron chi connectivity index (χ3n) is 4.22. The van der Waals surface area contributed by atoms with Gasteiger partial charge in [-0.1, -0.05) is 12.1 Å². The maximum Gasteiger partial charge on any atom is 0.261 e. The number of pyridine rings is 1. The summed E-state index contributed by atoms with van der Waals surface area (Å²) in [6.07, 6.45) is 1.29. The van der Waals surface area contributed by atoms with Gasteiger partial charge in [0.05, 0.1) is 28.8 Å². The lowest BCUT2D eigenvalue weighted by atomic mass is 10.2. The number of nitrogens with zero attached hydrogens (tertiary/aromatic N) is 1. The Balaban J connectivity index is 1.79. The summed E-state index contributed by atoms with van der Waals surface area (Å²) in [5.41, 5.74) is 1.19. The third-order valence-corrected chi connectivity index (χ3v) is 7.01. The highest BCUT2D eigenvalue weighted by atomic mass is 32.2. The van der Waals surface area contributed by atoms with Crippen LogP contribution in [-0.4, -0.2) is 36.0 Å². The van der Waals surface area contributed by atoms with Crippen LogP contribution in [0.4, 0.5) is 5.69 Å². The largest absolute Gasteiger partial charge is 0.493 e. The highest BCUT2D eigenvalue weighted by Gasteiger charge is 2.19. The number of hydrogen-bond donors (Lipinski definition) is 2. The Hall–Kier alpha value is -3.15. The van der Waals surface area contributed by atoms with Gasteiger partial charge in [-0.25, -0.2) is 26.5 Å². The molecule has 0 fully saturated rings. The predicted octanol–water partition coefficient (Wildman–Crippen LogP) is 2.90. The lowest BCUT2D eigenvalue weighted by Gasteiger charge is -2.12. The van der Waals surface area contributed by atoms with Crippen LogP contribution in [0.3, 0.4) is 0 Å². The second-order valence-corrected chi connectivity index (χ2v) is 10.00. The quantitative estimate of drug-likeness (QED) is 0.526. The zero-order valence-corrected chi connectivity index (χ0v) is 18.6. The molecule has 0 unspecified atom stereocenters. The summed E-state index contributed by atoms with van der Waals surface area (Å²) in [5, 5.41) is 0. The minimum absolute atomic E-state index is 0.160. The fourth-order valence-corrected chi connectivity index (χ4v) is 4.55. The average molecular weight is 464 g/mol. The van der Waals surface area contributed by atoms with E-state index in [1.54, 1.807) is 6.07 Å². The van der Waals surface area contributed by atoms with E-state index in [-0.39, 0.29) is 21.4 Å². The molecule has 0 amide bonds. The SMILES string of the molecule is CNS(=O)(=O)c1cccc(S(=O)(=O)Nc2ccc(Oc3ccc(C)cc3OC)nc2)c1. The molecule has 3 aromatic rings. The van der Waals surface area contributed by atoms with Gasteiger partial charge in [0.1, 0.15) is 0 Å². The lowest BCUT2D eigenvalue weighted by molar-refractivity contribution is 0.374. The van der Waals surface area contributed by atoms with Gasteiger partial charge in [-0.15, -0.1) is 0 Å². The van der Waals surface area contributed by atoms with Crippen LogP contribution < -0.4 is 18.9 Å². The van der Waals surface area contributed by atoms with E-state index in [2.05, 4.69) is 14.4 Å². The number of aromatic nitrogens is 1. The van der Waals surface area contributed by atoms with Crippen molar-refractivity contribution in [3.8, 4) is 17.4 Å². The summed E-state index contributed by atoms with van der Waals surface area (Å²) >= 11 is 0. The van der Waals surface area contributed by atoms with E-state index in [0.717, 1.165) is 11.6 Å². The number of rotatable bonds is 8. The molecule has 0 radical (unpaired) electrons. The first-order chi connectivity index (χ1) is 14.6. The van der Waals surface area contributed by atoms with Gasteiger partial charge in [0.15, 0.2) is 11.5 Å². The highest BCUT2D eigenvalue weighted by molar-refractivity contribution is 7.93. The molecule has 2 N–H and O–H groups in total. The third kappa shape index (κ3) is 5.32. The summed E-state index contributed by atoms with van der Waals surface area (Å²) in [6, 6.07) is 13.4. The van der Waals surface area contributed by atoms with E-state index in [9.17, 15) is 16.8 Å². The van der Waals surface area contributed by atoms with Crippen molar-refractivity contribution >= 4 is 25.7 Å². The predicted molar refractivity (Wildman–Crippen MR) is 116 cm³/mol. The lowest BCUT2D eigenvalue weighted by Crippen LogP contribution is -2.19. The molecule has 164 valence electrons. The van der Waals surface area contributed by atoms with E-state index < -0.39 is 20.0 Å². The molecule has 0 aliphatic carbocycles. The number of aryl methyl sites for hydroxylation is 1. The average Bonchev–Trinajstić information content (AvgIpc) is 2.76. The summed E-state index contributed by atoms with van der Waals surface area (Å²) < 4.78 is 64.7. The monoisotopic (exact) mass is 463 g/mol. The van der Waals surface area contributed by atoms with Gasteiger partial charge in [-0.05, 0) is 55.9 Å². The minimum Gasteiger partial charge on any atom is -0.493 e. The molecule has 3 rings (SSSR count). The van der Waals surface area contributed by atoms with Crippen molar-refractivity contribution in [1.29, 1.82) is 0 Å². The first-order valence-electron chi connectivity index (χ1n) is 8.99. The Morgan fingerprint density at radius 2 is 1.58 bits per heavy atom. The van der Waals surface area contributed by atoms with Gasteiger partial charge < -0.3 is 9.47 Å². The summed E-state index contributed by atoms with van der Waals surface area (Å²) in [6.45, 7) is 1.93. The second-order valence-electron chi connectivity index (χ2n) is 6.43. The molecule has 31 heavy (non-hydrogen) atoms. The standard InChI is InChI=1S/C20H21N3O6S2/c1-14-7-9-18(19(11-14)28-3)29-20-10-8-15(13-22-20)23-31(26,27)17-6-4-5-16(12-17)30(24,25)21-2/h4-13,21,23H,1-3H3. The van der Waals surface area contributed by atoms with Crippen LogP contribution in [0.25, 0.3) is 0 Å². The molecule has 0 aliphatic heterocycles. The molecule has 0 saturated carbocycles. The molecule has 0 atom stereocenters. The van der Waals surface area contributed by atoms with Crippen LogP contribution in [0.5, 0.6) is 17.4 Å². The summed E-state index contributed by atoms with van der Waals surface area (Å²) in [5.74, 6) is 1.26. The van der Waals surface area contributed by atoms with Crippen molar-refractivity contribution in [1.82, 2.24) is 9.71 Å². The van der Waals surface area contributed by atoms with Crippen molar-refractivity contribution in [2.75, 3.05) is 18.9 Å². The molecule has 1 aromatic heterocycles. The molecule has 11 heteroatoms. The fourth-order valence-electron chi connectivity index (χ4n) is 2.61. The normalized spacial score (nSPS) is 11.7. The van der Waals surface area contributed by atoms with E-state index in [1.165, 1.54) is 50.7 Å². The summed E-state index contributed by atoms with van der Waals surface area (Å²) in [4.78, 5) is 3.75. The van der Waals surface area contributed by atoms with Crippen LogP contribution in [-0.2, 0) is 20.0 Å². The van der Waals surface area contributed by atoms with Crippen molar-refractivity contribution in [2.24, 2.45) is 0 Å². The Bertz CT molecular complexity index is 1290. The summed E-state index contributed by atoms with van der Waals surface area (Å²) in [7, 11) is -5.04. The number of sulfonamides is 2. The van der Waals surface area contributed by atoms with Crippen molar-refractivity contribution < 1.29 is 26.3 Å². The van der Waals surface area contributed by atoms with Crippen LogP contribution in [0.15, 0.2) is 70.6 Å². The van der Waals surface area contributed by atoms with Crippen molar-refractivity contribution in [2.45, 2.75) is 16.7 Å². The number of nitrogens with one attached hydrogen (secondary N) is 2. The Morgan fingerprint density at radius 3 is 2.19 bits per heavy atom. The van der Waals surface area contributed by atoms with Gasteiger partial charge in [-0.3, -0.25) is 4.72 Å². The zero-order valence-electron chi connectivity index (χ0n) is 17.0.